The molecule has 0 spiro atoms. The fourth-order valence-electron chi connectivity index (χ4n) is 2.55. The van der Waals surface area contributed by atoms with E-state index in [9.17, 15) is 23.3 Å². The highest BCUT2D eigenvalue weighted by Crippen LogP contribution is 2.36. The summed E-state index contributed by atoms with van der Waals surface area (Å²) in [6, 6.07) is 2.90. The first-order chi connectivity index (χ1) is 10.3. The molecule has 1 atom stereocenters. The Morgan fingerprint density at radius 2 is 2.00 bits per heavy atom. The van der Waals surface area contributed by atoms with Gasteiger partial charge in [-0.3, -0.25) is 15.0 Å². The second-order valence-corrected chi connectivity index (χ2v) is 5.50. The summed E-state index contributed by atoms with van der Waals surface area (Å²) in [5.41, 5.74) is -0.114. The Labute approximate surface area is 130 Å². The number of halogens is 4. The molecule has 1 saturated heterocycles. The van der Waals surface area contributed by atoms with Crippen molar-refractivity contribution in [2.24, 2.45) is 0 Å². The summed E-state index contributed by atoms with van der Waals surface area (Å²) in [5, 5.41) is 13.9. The average Bonchev–Trinajstić information content (AvgIpc) is 2.45. The van der Waals surface area contributed by atoms with Crippen LogP contribution in [0.5, 0.6) is 0 Å². The lowest BCUT2D eigenvalue weighted by Gasteiger charge is -2.35. The minimum atomic E-state index is -4.36. The standard InChI is InChI=1S/C13H15ClF3N3O2/c14-10-2-1-9(7-11(10)20(21)22)12(8-13(15,16)17)19-5-3-18-4-6-19/h1-2,7,12,18H,3-6,8H2/t12-/m1/s1. The second-order valence-electron chi connectivity index (χ2n) is 5.09. The highest BCUT2D eigenvalue weighted by Gasteiger charge is 2.36. The summed E-state index contributed by atoms with van der Waals surface area (Å²) >= 11 is 5.73. The van der Waals surface area contributed by atoms with E-state index in [1.165, 1.54) is 12.1 Å². The maximum atomic E-state index is 12.9. The van der Waals surface area contributed by atoms with E-state index in [1.54, 1.807) is 4.90 Å². The van der Waals surface area contributed by atoms with Crippen molar-refractivity contribution in [1.82, 2.24) is 10.2 Å². The Hall–Kier alpha value is -1.38. The van der Waals surface area contributed by atoms with Gasteiger partial charge in [0.05, 0.1) is 11.3 Å². The Kier molecular flexibility index (Phi) is 5.25. The van der Waals surface area contributed by atoms with Crippen molar-refractivity contribution in [3.8, 4) is 0 Å². The molecular weight excluding hydrogens is 323 g/mol. The Balaban J connectivity index is 2.35. The zero-order valence-corrected chi connectivity index (χ0v) is 12.3. The third kappa shape index (κ3) is 4.31. The van der Waals surface area contributed by atoms with E-state index in [-0.39, 0.29) is 16.3 Å². The first kappa shape index (κ1) is 17.0. The molecule has 1 heterocycles. The number of hydrogen-bond donors (Lipinski definition) is 1. The molecule has 122 valence electrons. The molecule has 22 heavy (non-hydrogen) atoms. The zero-order valence-electron chi connectivity index (χ0n) is 11.6. The van der Waals surface area contributed by atoms with Crippen LogP contribution in [-0.2, 0) is 0 Å². The van der Waals surface area contributed by atoms with Gasteiger partial charge in [-0.2, -0.15) is 13.2 Å². The van der Waals surface area contributed by atoms with Gasteiger partial charge in [-0.25, -0.2) is 0 Å². The van der Waals surface area contributed by atoms with Crippen molar-refractivity contribution in [2.45, 2.75) is 18.6 Å². The molecule has 1 fully saturated rings. The van der Waals surface area contributed by atoms with Crippen LogP contribution in [-0.4, -0.2) is 42.2 Å². The van der Waals surface area contributed by atoms with Crippen LogP contribution >= 0.6 is 11.6 Å². The van der Waals surface area contributed by atoms with Crippen molar-refractivity contribution >= 4 is 17.3 Å². The van der Waals surface area contributed by atoms with E-state index in [0.717, 1.165) is 6.07 Å². The van der Waals surface area contributed by atoms with Gasteiger partial charge in [0.25, 0.3) is 5.69 Å². The summed E-state index contributed by atoms with van der Waals surface area (Å²) in [6.07, 6.45) is -5.41. The van der Waals surface area contributed by atoms with Crippen molar-refractivity contribution in [3.63, 3.8) is 0 Å². The van der Waals surface area contributed by atoms with Gasteiger partial charge in [0, 0.05) is 38.3 Å². The number of hydrogen-bond acceptors (Lipinski definition) is 4. The van der Waals surface area contributed by atoms with Crippen molar-refractivity contribution in [1.29, 1.82) is 0 Å². The number of piperazine rings is 1. The molecular formula is C13H15ClF3N3O2. The van der Waals surface area contributed by atoms with E-state index in [2.05, 4.69) is 5.32 Å². The molecule has 1 aliphatic rings. The maximum Gasteiger partial charge on any atom is 0.390 e. The second kappa shape index (κ2) is 6.80. The van der Waals surface area contributed by atoms with Crippen LogP contribution < -0.4 is 5.32 Å². The van der Waals surface area contributed by atoms with E-state index >= 15 is 0 Å². The highest BCUT2D eigenvalue weighted by molar-refractivity contribution is 6.32. The molecule has 2 rings (SSSR count). The minimum absolute atomic E-state index is 0.0835. The first-order valence-electron chi connectivity index (χ1n) is 6.73. The number of nitrogens with one attached hydrogen (secondary N) is 1. The third-order valence-electron chi connectivity index (χ3n) is 3.57. The van der Waals surface area contributed by atoms with Crippen LogP contribution in [0.25, 0.3) is 0 Å². The SMILES string of the molecule is O=[N+]([O-])c1cc([C@@H](CC(F)(F)F)N2CCNCC2)ccc1Cl. The Morgan fingerprint density at radius 3 is 2.55 bits per heavy atom. The molecule has 0 unspecified atom stereocenters. The van der Waals surface area contributed by atoms with Crippen molar-refractivity contribution in [3.05, 3.63) is 38.9 Å². The summed E-state index contributed by atoms with van der Waals surface area (Å²) in [4.78, 5) is 11.9. The zero-order chi connectivity index (χ0) is 16.3. The lowest BCUT2D eigenvalue weighted by molar-refractivity contribution is -0.384. The molecule has 1 aliphatic heterocycles. The van der Waals surface area contributed by atoms with Gasteiger partial charge >= 0.3 is 6.18 Å². The fourth-order valence-corrected chi connectivity index (χ4v) is 2.73. The molecule has 0 bridgehead atoms. The van der Waals surface area contributed by atoms with Gasteiger partial charge in [-0.1, -0.05) is 17.7 Å². The number of rotatable bonds is 4. The van der Waals surface area contributed by atoms with Gasteiger partial charge < -0.3 is 5.32 Å². The van der Waals surface area contributed by atoms with Crippen molar-refractivity contribution in [2.75, 3.05) is 26.2 Å². The quantitative estimate of drug-likeness (QED) is 0.677. The molecule has 0 aliphatic carbocycles. The van der Waals surface area contributed by atoms with Crippen LogP contribution in [0.4, 0.5) is 18.9 Å². The van der Waals surface area contributed by atoms with E-state index in [0.29, 0.717) is 26.2 Å². The fraction of sp³-hybridized carbons (Fsp3) is 0.538. The molecule has 0 radical (unpaired) electrons. The topological polar surface area (TPSA) is 58.4 Å². The largest absolute Gasteiger partial charge is 0.390 e. The summed E-state index contributed by atoms with van der Waals surface area (Å²) in [6.45, 7) is 2.09. The molecule has 5 nitrogen and oxygen atoms in total. The molecule has 0 aromatic heterocycles. The summed E-state index contributed by atoms with van der Waals surface area (Å²) in [5.74, 6) is 0. The Bertz CT molecular complexity index is 548. The number of alkyl halides is 3. The number of nitrogens with zero attached hydrogens (tertiary/aromatic N) is 2. The number of benzene rings is 1. The third-order valence-corrected chi connectivity index (χ3v) is 3.89. The normalized spacial score (nSPS) is 18.2. The van der Waals surface area contributed by atoms with Crippen LogP contribution in [0.2, 0.25) is 5.02 Å². The van der Waals surface area contributed by atoms with Crippen LogP contribution in [0.15, 0.2) is 18.2 Å². The van der Waals surface area contributed by atoms with Gasteiger partial charge in [0.15, 0.2) is 0 Å². The number of nitro benzene ring substituents is 1. The lowest BCUT2D eigenvalue weighted by atomic mass is 10.00. The van der Waals surface area contributed by atoms with E-state index in [1.807, 2.05) is 0 Å². The molecule has 1 aromatic rings. The molecule has 0 saturated carbocycles. The van der Waals surface area contributed by atoms with Crippen molar-refractivity contribution < 1.29 is 18.1 Å². The summed E-state index contributed by atoms with van der Waals surface area (Å²) < 4.78 is 38.6. The van der Waals surface area contributed by atoms with Gasteiger partial charge in [-0.15, -0.1) is 0 Å². The summed E-state index contributed by atoms with van der Waals surface area (Å²) in [7, 11) is 0. The molecule has 0 amide bonds. The molecule has 1 N–H and O–H groups in total. The molecule has 1 aromatic carbocycles. The Morgan fingerprint density at radius 1 is 1.36 bits per heavy atom. The predicted molar refractivity (Wildman–Crippen MR) is 76.0 cm³/mol. The first-order valence-corrected chi connectivity index (χ1v) is 7.11. The van der Waals surface area contributed by atoms with Crippen LogP contribution in [0.3, 0.4) is 0 Å². The van der Waals surface area contributed by atoms with E-state index < -0.39 is 23.6 Å². The monoisotopic (exact) mass is 337 g/mol. The average molecular weight is 338 g/mol. The molecule has 9 heteroatoms. The van der Waals surface area contributed by atoms with Crippen LogP contribution in [0, 0.1) is 10.1 Å². The van der Waals surface area contributed by atoms with Crippen LogP contribution in [0.1, 0.15) is 18.0 Å². The smallest absolute Gasteiger partial charge is 0.314 e. The minimum Gasteiger partial charge on any atom is -0.314 e. The number of nitro groups is 1. The predicted octanol–water partition coefficient (Wildman–Crippen LogP) is 3.15. The lowest BCUT2D eigenvalue weighted by Crippen LogP contribution is -2.46. The maximum absolute atomic E-state index is 12.9. The van der Waals surface area contributed by atoms with Gasteiger partial charge in [-0.05, 0) is 11.6 Å². The van der Waals surface area contributed by atoms with E-state index in [4.69, 9.17) is 11.6 Å². The van der Waals surface area contributed by atoms with Gasteiger partial charge in [0.2, 0.25) is 0 Å². The van der Waals surface area contributed by atoms with Gasteiger partial charge in [0.1, 0.15) is 5.02 Å². The highest BCUT2D eigenvalue weighted by atomic mass is 35.5.